The molecule has 0 saturated heterocycles. The molecule has 0 spiro atoms. The summed E-state index contributed by atoms with van der Waals surface area (Å²) in [5.41, 5.74) is 6.13. The zero-order valence-corrected chi connectivity index (χ0v) is 10.5. The maximum absolute atomic E-state index is 11.4. The van der Waals surface area contributed by atoms with Crippen LogP contribution in [0.5, 0.6) is 0 Å². The number of hydrogen-bond acceptors (Lipinski definition) is 8. The molecule has 0 aliphatic carbocycles. The first-order chi connectivity index (χ1) is 8.70. The van der Waals surface area contributed by atoms with Crippen molar-refractivity contribution in [1.82, 2.24) is 10.1 Å². The van der Waals surface area contributed by atoms with E-state index in [2.05, 4.69) is 24.7 Å². The Hall–Kier alpha value is -2.09. The minimum Gasteiger partial charge on any atom is -0.465 e. The Bertz CT molecular complexity index is 523. The Morgan fingerprint density at radius 3 is 3.17 bits per heavy atom. The molecule has 3 N–H and O–H groups in total. The molecule has 7 nitrogen and oxygen atoms in total. The third-order valence-corrected chi connectivity index (χ3v) is 3.27. The number of carbonyl (C=O) groups is 1. The monoisotopic (exact) mass is 268 g/mol. The van der Waals surface area contributed by atoms with Crippen molar-refractivity contribution < 1.29 is 14.1 Å². The molecular formula is C10H12N4O3S. The van der Waals surface area contributed by atoms with E-state index in [9.17, 15) is 4.79 Å². The highest BCUT2D eigenvalue weighted by molar-refractivity contribution is 7.18. The molecule has 0 radical (unpaired) electrons. The number of nitrogen functional groups attached to an aromatic ring is 1. The van der Waals surface area contributed by atoms with Gasteiger partial charge < -0.3 is 20.3 Å². The van der Waals surface area contributed by atoms with E-state index in [0.29, 0.717) is 29.4 Å². The van der Waals surface area contributed by atoms with Gasteiger partial charge in [-0.15, -0.1) is 11.3 Å². The predicted molar refractivity (Wildman–Crippen MR) is 66.6 cm³/mol. The maximum Gasteiger partial charge on any atom is 0.350 e. The van der Waals surface area contributed by atoms with E-state index in [0.717, 1.165) is 5.00 Å². The van der Waals surface area contributed by atoms with E-state index in [4.69, 9.17) is 5.73 Å². The largest absolute Gasteiger partial charge is 0.465 e. The van der Waals surface area contributed by atoms with Crippen molar-refractivity contribution in [3.05, 3.63) is 23.2 Å². The van der Waals surface area contributed by atoms with Gasteiger partial charge in [0.25, 0.3) is 0 Å². The third-order valence-electron chi connectivity index (χ3n) is 2.19. The van der Waals surface area contributed by atoms with Crippen LogP contribution < -0.4 is 11.1 Å². The van der Waals surface area contributed by atoms with Gasteiger partial charge in [-0.1, -0.05) is 5.16 Å². The van der Waals surface area contributed by atoms with Crippen molar-refractivity contribution in [1.29, 1.82) is 0 Å². The van der Waals surface area contributed by atoms with Gasteiger partial charge in [-0.2, -0.15) is 4.98 Å². The van der Waals surface area contributed by atoms with Gasteiger partial charge in [-0.3, -0.25) is 0 Å². The molecule has 0 aromatic carbocycles. The molecule has 0 saturated carbocycles. The number of nitrogens with two attached hydrogens (primary N) is 1. The summed E-state index contributed by atoms with van der Waals surface area (Å²) in [4.78, 5) is 15.7. The van der Waals surface area contributed by atoms with E-state index >= 15 is 0 Å². The number of rotatable bonds is 5. The highest BCUT2D eigenvalue weighted by atomic mass is 32.1. The molecule has 8 heteroatoms. The SMILES string of the molecule is COC(=O)c1sc(NCCc2ncon2)cc1N. The van der Waals surface area contributed by atoms with E-state index in [1.165, 1.54) is 24.8 Å². The lowest BCUT2D eigenvalue weighted by atomic mass is 10.4. The molecule has 0 aliphatic rings. The fourth-order valence-electron chi connectivity index (χ4n) is 1.34. The lowest BCUT2D eigenvalue weighted by Gasteiger charge is -1.99. The summed E-state index contributed by atoms with van der Waals surface area (Å²) in [6, 6.07) is 1.70. The molecule has 96 valence electrons. The smallest absolute Gasteiger partial charge is 0.350 e. The molecule has 0 unspecified atom stereocenters. The van der Waals surface area contributed by atoms with Crippen molar-refractivity contribution in [2.45, 2.75) is 6.42 Å². The lowest BCUT2D eigenvalue weighted by Crippen LogP contribution is -2.04. The molecule has 18 heavy (non-hydrogen) atoms. The van der Waals surface area contributed by atoms with Gasteiger partial charge in [0.1, 0.15) is 4.88 Å². The van der Waals surface area contributed by atoms with E-state index in [1.54, 1.807) is 6.07 Å². The molecule has 0 fully saturated rings. The fourth-order valence-corrected chi connectivity index (χ4v) is 2.27. The summed E-state index contributed by atoms with van der Waals surface area (Å²) >= 11 is 1.25. The van der Waals surface area contributed by atoms with Crippen LogP contribution in [0, 0.1) is 0 Å². The van der Waals surface area contributed by atoms with Gasteiger partial charge in [0.2, 0.25) is 6.39 Å². The first kappa shape index (κ1) is 12.4. The number of anilines is 2. The van der Waals surface area contributed by atoms with Crippen LogP contribution in [0.2, 0.25) is 0 Å². The van der Waals surface area contributed by atoms with Crippen LogP contribution >= 0.6 is 11.3 Å². The average Bonchev–Trinajstić information content (AvgIpc) is 2.98. The molecule has 2 aromatic rings. The van der Waals surface area contributed by atoms with E-state index in [-0.39, 0.29) is 0 Å². The molecule has 0 atom stereocenters. The summed E-state index contributed by atoms with van der Waals surface area (Å²) in [7, 11) is 1.32. The number of ether oxygens (including phenoxy) is 1. The molecule has 0 aliphatic heterocycles. The number of methoxy groups -OCH3 is 1. The second kappa shape index (κ2) is 5.50. The maximum atomic E-state index is 11.4. The van der Waals surface area contributed by atoms with Crippen LogP contribution in [-0.2, 0) is 11.2 Å². The molecule has 2 aromatic heterocycles. The van der Waals surface area contributed by atoms with Gasteiger partial charge in [0, 0.05) is 13.0 Å². The van der Waals surface area contributed by atoms with E-state index < -0.39 is 5.97 Å². The number of aromatic nitrogens is 2. The van der Waals surface area contributed by atoms with Crippen LogP contribution in [0.25, 0.3) is 0 Å². The van der Waals surface area contributed by atoms with Crippen LogP contribution in [0.3, 0.4) is 0 Å². The number of esters is 1. The highest BCUT2D eigenvalue weighted by Crippen LogP contribution is 2.29. The van der Waals surface area contributed by atoms with Gasteiger partial charge in [-0.25, -0.2) is 4.79 Å². The van der Waals surface area contributed by atoms with Crippen molar-refractivity contribution >= 4 is 28.0 Å². The van der Waals surface area contributed by atoms with Crippen molar-refractivity contribution in [3.63, 3.8) is 0 Å². The Balaban J connectivity index is 1.92. The zero-order chi connectivity index (χ0) is 13.0. The Morgan fingerprint density at radius 2 is 2.50 bits per heavy atom. The quantitative estimate of drug-likeness (QED) is 0.784. The van der Waals surface area contributed by atoms with Gasteiger partial charge in [-0.05, 0) is 6.07 Å². The minimum atomic E-state index is -0.427. The molecule has 0 bridgehead atoms. The Kier molecular flexibility index (Phi) is 3.78. The summed E-state index contributed by atoms with van der Waals surface area (Å²) < 4.78 is 9.24. The first-order valence-electron chi connectivity index (χ1n) is 5.17. The Labute approximate surface area is 107 Å². The predicted octanol–water partition coefficient (Wildman–Crippen LogP) is 1.15. The minimum absolute atomic E-state index is 0.402. The first-order valence-corrected chi connectivity index (χ1v) is 5.99. The van der Waals surface area contributed by atoms with Gasteiger partial charge >= 0.3 is 5.97 Å². The van der Waals surface area contributed by atoms with Crippen LogP contribution in [0.4, 0.5) is 10.7 Å². The number of hydrogen-bond donors (Lipinski definition) is 2. The number of nitrogens with one attached hydrogen (secondary N) is 1. The van der Waals surface area contributed by atoms with Gasteiger partial charge in [0.05, 0.1) is 17.8 Å². The van der Waals surface area contributed by atoms with Crippen molar-refractivity contribution in [2.75, 3.05) is 24.7 Å². The molecular weight excluding hydrogens is 256 g/mol. The second-order valence-corrected chi connectivity index (χ2v) is 4.46. The highest BCUT2D eigenvalue weighted by Gasteiger charge is 2.14. The van der Waals surface area contributed by atoms with Gasteiger partial charge in [0.15, 0.2) is 5.82 Å². The van der Waals surface area contributed by atoms with Crippen molar-refractivity contribution in [3.8, 4) is 0 Å². The van der Waals surface area contributed by atoms with Crippen LogP contribution in [0.1, 0.15) is 15.5 Å². The normalized spacial score (nSPS) is 10.3. The average molecular weight is 268 g/mol. The second-order valence-electron chi connectivity index (χ2n) is 3.41. The number of thiophene rings is 1. The zero-order valence-electron chi connectivity index (χ0n) is 9.67. The molecule has 0 amide bonds. The Morgan fingerprint density at radius 1 is 1.67 bits per heavy atom. The summed E-state index contributed by atoms with van der Waals surface area (Å²) in [6.45, 7) is 0.625. The standard InChI is InChI=1S/C10H12N4O3S/c1-16-10(15)9-6(11)4-8(18-9)12-3-2-7-13-5-17-14-7/h4-5,12H,2-3,11H2,1H3. The molecule has 2 heterocycles. The van der Waals surface area contributed by atoms with E-state index in [1.807, 2.05) is 0 Å². The fraction of sp³-hybridized carbons (Fsp3) is 0.300. The topological polar surface area (TPSA) is 103 Å². The summed E-state index contributed by atoms with van der Waals surface area (Å²) in [6.07, 6.45) is 1.91. The number of carbonyl (C=O) groups excluding carboxylic acids is 1. The summed E-state index contributed by atoms with van der Waals surface area (Å²) in [5, 5.41) is 7.62. The van der Waals surface area contributed by atoms with Crippen LogP contribution in [-0.4, -0.2) is 29.8 Å². The third kappa shape index (κ3) is 2.77. The van der Waals surface area contributed by atoms with Crippen LogP contribution in [0.15, 0.2) is 17.0 Å². The lowest BCUT2D eigenvalue weighted by molar-refractivity contribution is 0.0607. The van der Waals surface area contributed by atoms with Crippen molar-refractivity contribution in [2.24, 2.45) is 0 Å². The summed E-state index contributed by atoms with van der Waals surface area (Å²) in [5.74, 6) is 0.198. The molecule has 2 rings (SSSR count). The number of nitrogens with zero attached hydrogens (tertiary/aromatic N) is 2.